The van der Waals surface area contributed by atoms with Crippen LogP contribution in [0.5, 0.6) is 0 Å². The van der Waals surface area contributed by atoms with Crippen LogP contribution in [0, 0.1) is 0 Å². The van der Waals surface area contributed by atoms with E-state index in [-0.39, 0.29) is 19.1 Å². The summed E-state index contributed by atoms with van der Waals surface area (Å²) in [6, 6.07) is 7.40. The molecule has 0 spiro atoms. The summed E-state index contributed by atoms with van der Waals surface area (Å²) in [5.41, 5.74) is 1.69. The SMILES string of the molecule is CCOP(=O)(/C=C/c1ccc([C@H]2C[C@@]2(NC=O)P(=O)(OC)OC)cc1)OCC. The van der Waals surface area contributed by atoms with Crippen molar-refractivity contribution in [2.45, 2.75) is 31.5 Å². The van der Waals surface area contributed by atoms with Crippen LogP contribution in [-0.2, 0) is 32.0 Å². The molecule has 1 aromatic rings. The molecule has 1 saturated carbocycles. The Morgan fingerprint density at radius 2 is 1.68 bits per heavy atom. The van der Waals surface area contributed by atoms with Crippen LogP contribution in [-0.4, -0.2) is 39.1 Å². The molecule has 1 N–H and O–H groups in total. The molecule has 0 saturated heterocycles. The lowest BCUT2D eigenvalue weighted by atomic mass is 10.1. The van der Waals surface area contributed by atoms with Crippen molar-refractivity contribution < 1.29 is 32.0 Å². The van der Waals surface area contributed by atoms with Crippen molar-refractivity contribution in [1.82, 2.24) is 5.32 Å². The van der Waals surface area contributed by atoms with E-state index in [1.54, 1.807) is 19.9 Å². The molecule has 1 fully saturated rings. The van der Waals surface area contributed by atoms with Gasteiger partial charge in [0.25, 0.3) is 0 Å². The quantitative estimate of drug-likeness (QED) is 0.388. The molecule has 0 aliphatic heterocycles. The second kappa shape index (κ2) is 9.49. The number of carbonyl (C=O) groups is 1. The maximum atomic E-state index is 12.9. The summed E-state index contributed by atoms with van der Waals surface area (Å²) >= 11 is 0. The minimum atomic E-state index is -3.50. The summed E-state index contributed by atoms with van der Waals surface area (Å²) in [6.07, 6.45) is 2.64. The van der Waals surface area contributed by atoms with Crippen LogP contribution in [0.2, 0.25) is 0 Å². The molecule has 1 amide bonds. The van der Waals surface area contributed by atoms with E-state index in [9.17, 15) is 13.9 Å². The summed E-state index contributed by atoms with van der Waals surface area (Å²) in [5.74, 6) is 1.24. The van der Waals surface area contributed by atoms with Crippen LogP contribution < -0.4 is 5.32 Å². The van der Waals surface area contributed by atoms with Gasteiger partial charge in [-0.2, -0.15) is 0 Å². The van der Waals surface area contributed by atoms with Gasteiger partial charge in [0.1, 0.15) is 5.28 Å². The Morgan fingerprint density at radius 3 is 2.14 bits per heavy atom. The van der Waals surface area contributed by atoms with E-state index in [4.69, 9.17) is 18.1 Å². The van der Waals surface area contributed by atoms with E-state index >= 15 is 0 Å². The Morgan fingerprint density at radius 1 is 1.11 bits per heavy atom. The van der Waals surface area contributed by atoms with Gasteiger partial charge in [0, 0.05) is 26.0 Å². The van der Waals surface area contributed by atoms with Gasteiger partial charge >= 0.3 is 15.2 Å². The third-order valence-corrected chi connectivity index (χ3v) is 8.93. The van der Waals surface area contributed by atoms with E-state index in [1.165, 1.54) is 20.0 Å². The number of nitrogens with one attached hydrogen (secondary N) is 1. The van der Waals surface area contributed by atoms with Crippen molar-refractivity contribution in [1.29, 1.82) is 0 Å². The van der Waals surface area contributed by atoms with Crippen LogP contribution in [0.4, 0.5) is 0 Å². The number of hydrogen-bond donors (Lipinski definition) is 1. The number of carbonyl (C=O) groups excluding carboxylic acids is 1. The Hall–Kier alpha value is -1.27. The van der Waals surface area contributed by atoms with Gasteiger partial charge in [0.05, 0.1) is 13.2 Å². The first-order chi connectivity index (χ1) is 13.3. The molecule has 1 aromatic carbocycles. The number of amides is 1. The lowest BCUT2D eigenvalue weighted by Crippen LogP contribution is -2.33. The first-order valence-corrected chi connectivity index (χ1v) is 12.1. The third kappa shape index (κ3) is 4.65. The zero-order valence-corrected chi connectivity index (χ0v) is 18.3. The number of rotatable bonds is 12. The Bertz CT molecular complexity index is 778. The van der Waals surface area contributed by atoms with Gasteiger partial charge in [-0.25, -0.2) is 0 Å². The molecule has 0 bridgehead atoms. The third-order valence-electron chi connectivity index (χ3n) is 4.62. The molecule has 0 aromatic heterocycles. The van der Waals surface area contributed by atoms with E-state index in [2.05, 4.69) is 5.32 Å². The molecule has 0 radical (unpaired) electrons. The van der Waals surface area contributed by atoms with E-state index in [0.29, 0.717) is 12.8 Å². The summed E-state index contributed by atoms with van der Waals surface area (Å²) in [6.45, 7) is 4.07. The van der Waals surface area contributed by atoms with Crippen molar-refractivity contribution in [3.05, 3.63) is 41.2 Å². The molecule has 2 rings (SSSR count). The first kappa shape index (κ1) is 23.0. The number of hydrogen-bond acceptors (Lipinski definition) is 7. The van der Waals surface area contributed by atoms with Gasteiger partial charge in [-0.1, -0.05) is 24.3 Å². The van der Waals surface area contributed by atoms with Gasteiger partial charge in [-0.3, -0.25) is 13.9 Å². The summed E-state index contributed by atoms with van der Waals surface area (Å²) in [7, 11) is -4.16. The average molecular weight is 431 g/mol. The van der Waals surface area contributed by atoms with E-state index < -0.39 is 20.5 Å². The molecular formula is C18H27NO7P2. The first-order valence-electron chi connectivity index (χ1n) is 8.94. The molecule has 156 valence electrons. The Balaban J connectivity index is 2.19. The predicted octanol–water partition coefficient (Wildman–Crippen LogP) is 4.34. The fraction of sp³-hybridized carbons (Fsp3) is 0.500. The molecule has 28 heavy (non-hydrogen) atoms. The zero-order chi connectivity index (χ0) is 20.8. The highest BCUT2D eigenvalue weighted by Gasteiger charge is 2.68. The number of benzene rings is 1. The van der Waals surface area contributed by atoms with Crippen molar-refractivity contribution in [2.24, 2.45) is 0 Å². The largest absolute Gasteiger partial charge is 0.355 e. The molecule has 2 atom stereocenters. The highest BCUT2D eigenvalue weighted by atomic mass is 31.2. The van der Waals surface area contributed by atoms with Crippen LogP contribution in [0.1, 0.15) is 37.3 Å². The minimum Gasteiger partial charge on any atom is -0.342 e. The Kier molecular flexibility index (Phi) is 7.80. The van der Waals surface area contributed by atoms with Gasteiger partial charge in [-0.05, 0) is 37.5 Å². The minimum absolute atomic E-state index is 0.195. The van der Waals surface area contributed by atoms with Crippen LogP contribution in [0.3, 0.4) is 0 Å². The summed E-state index contributed by atoms with van der Waals surface area (Å²) in [4.78, 5) is 11.1. The molecule has 0 heterocycles. The van der Waals surface area contributed by atoms with Gasteiger partial charge in [0.2, 0.25) is 6.41 Å². The van der Waals surface area contributed by atoms with Gasteiger partial charge in [-0.15, -0.1) is 0 Å². The second-order valence-corrected chi connectivity index (χ2v) is 10.6. The second-order valence-electron chi connectivity index (χ2n) is 6.16. The highest BCUT2D eigenvalue weighted by molar-refractivity contribution is 7.57. The maximum absolute atomic E-state index is 12.9. The van der Waals surface area contributed by atoms with Crippen molar-refractivity contribution in [3.8, 4) is 0 Å². The lowest BCUT2D eigenvalue weighted by molar-refractivity contribution is -0.110. The Labute approximate surface area is 165 Å². The van der Waals surface area contributed by atoms with Crippen LogP contribution in [0.25, 0.3) is 6.08 Å². The predicted molar refractivity (Wildman–Crippen MR) is 107 cm³/mol. The standard InChI is InChI=1S/C18H27NO7P2/c1-5-25-27(21,26-6-2)12-11-15-7-9-16(10-8-15)17-13-18(17,19-14-20)28(22,23-3)24-4/h7-12,14,17H,5-6,13H2,1-4H3,(H,19,20)/b12-11+/t17-,18-/m1/s1. The van der Waals surface area contributed by atoms with Crippen molar-refractivity contribution in [3.63, 3.8) is 0 Å². The molecule has 1 aliphatic rings. The lowest BCUT2D eigenvalue weighted by Gasteiger charge is -2.24. The summed E-state index contributed by atoms with van der Waals surface area (Å²) in [5, 5.41) is 1.57. The topological polar surface area (TPSA) is 100 Å². The van der Waals surface area contributed by atoms with Crippen LogP contribution in [0.15, 0.2) is 30.1 Å². The average Bonchev–Trinajstić information content (AvgIpc) is 3.43. The van der Waals surface area contributed by atoms with Gasteiger partial charge in [0.15, 0.2) is 0 Å². The van der Waals surface area contributed by atoms with E-state index in [0.717, 1.165) is 11.1 Å². The maximum Gasteiger partial charge on any atom is 0.355 e. The monoisotopic (exact) mass is 431 g/mol. The van der Waals surface area contributed by atoms with Crippen LogP contribution >= 0.6 is 15.2 Å². The zero-order valence-electron chi connectivity index (χ0n) is 16.5. The van der Waals surface area contributed by atoms with E-state index in [1.807, 2.05) is 24.3 Å². The molecule has 1 aliphatic carbocycles. The summed E-state index contributed by atoms with van der Waals surface area (Å²) < 4.78 is 46.0. The normalized spacial score (nSPS) is 22.4. The fourth-order valence-electron chi connectivity index (χ4n) is 3.19. The molecular weight excluding hydrogens is 404 g/mol. The van der Waals surface area contributed by atoms with Crippen molar-refractivity contribution >= 4 is 27.7 Å². The highest BCUT2D eigenvalue weighted by Crippen LogP contribution is 2.74. The molecule has 10 heteroatoms. The smallest absolute Gasteiger partial charge is 0.342 e. The molecule has 8 nitrogen and oxygen atoms in total. The van der Waals surface area contributed by atoms with Gasteiger partial charge < -0.3 is 23.4 Å². The van der Waals surface area contributed by atoms with Crippen molar-refractivity contribution in [2.75, 3.05) is 27.4 Å². The fourth-order valence-corrected chi connectivity index (χ4v) is 6.46. The molecule has 0 unspecified atom stereocenters.